The van der Waals surface area contributed by atoms with Crippen molar-refractivity contribution < 1.29 is 14.1 Å². The van der Waals surface area contributed by atoms with Gasteiger partial charge in [0.05, 0.1) is 0 Å². The molecular formula is C11H18N2O3. The van der Waals surface area contributed by atoms with Crippen molar-refractivity contribution in [1.82, 2.24) is 10.1 Å². The minimum Gasteiger partial charge on any atom is -0.388 e. The third kappa shape index (κ3) is 2.98. The van der Waals surface area contributed by atoms with Gasteiger partial charge in [-0.1, -0.05) is 13.8 Å². The van der Waals surface area contributed by atoms with Crippen LogP contribution < -0.4 is 4.74 Å². The molecule has 0 aliphatic heterocycles. The van der Waals surface area contributed by atoms with Gasteiger partial charge in [-0.05, 0) is 18.0 Å². The van der Waals surface area contributed by atoms with Gasteiger partial charge in [-0.25, -0.2) is 4.79 Å². The molecule has 0 fully saturated rings. The molecule has 1 aromatic rings. The van der Waals surface area contributed by atoms with Crippen LogP contribution in [0.3, 0.4) is 0 Å². The van der Waals surface area contributed by atoms with E-state index in [2.05, 4.69) is 19.0 Å². The van der Waals surface area contributed by atoms with Gasteiger partial charge >= 0.3 is 6.09 Å². The van der Waals surface area contributed by atoms with Gasteiger partial charge in [0.1, 0.15) is 5.76 Å². The second-order valence-electron chi connectivity index (χ2n) is 3.84. The summed E-state index contributed by atoms with van der Waals surface area (Å²) >= 11 is 0. The number of nitrogens with zero attached hydrogens (tertiary/aromatic N) is 2. The van der Waals surface area contributed by atoms with E-state index in [1.807, 2.05) is 0 Å². The zero-order chi connectivity index (χ0) is 12.1. The van der Waals surface area contributed by atoms with Gasteiger partial charge in [0, 0.05) is 26.1 Å². The first-order valence-corrected chi connectivity index (χ1v) is 5.44. The van der Waals surface area contributed by atoms with Gasteiger partial charge in [-0.15, -0.1) is 0 Å². The second kappa shape index (κ2) is 5.53. The van der Waals surface area contributed by atoms with Crippen molar-refractivity contribution in [3.8, 4) is 5.88 Å². The molecule has 1 aromatic heterocycles. The van der Waals surface area contributed by atoms with Crippen LogP contribution >= 0.6 is 0 Å². The Kier molecular flexibility index (Phi) is 4.34. The molecule has 1 rings (SSSR count). The SMILES string of the molecule is CCC(CC)c1cc(OC(=O)N(C)C)no1. The summed E-state index contributed by atoms with van der Waals surface area (Å²) < 4.78 is 10.1. The summed E-state index contributed by atoms with van der Waals surface area (Å²) in [6.07, 6.45) is 1.50. The van der Waals surface area contributed by atoms with Crippen LogP contribution in [-0.2, 0) is 0 Å². The molecule has 1 heterocycles. The van der Waals surface area contributed by atoms with E-state index >= 15 is 0 Å². The van der Waals surface area contributed by atoms with Gasteiger partial charge in [0.25, 0.3) is 5.88 Å². The molecule has 1 amide bonds. The highest BCUT2D eigenvalue weighted by Gasteiger charge is 2.16. The van der Waals surface area contributed by atoms with Crippen molar-refractivity contribution >= 4 is 6.09 Å². The Balaban J connectivity index is 2.68. The van der Waals surface area contributed by atoms with Crippen LogP contribution in [0.25, 0.3) is 0 Å². The lowest BCUT2D eigenvalue weighted by Gasteiger charge is -2.07. The molecule has 5 heteroatoms. The van der Waals surface area contributed by atoms with Gasteiger partial charge in [0.2, 0.25) is 0 Å². The van der Waals surface area contributed by atoms with Crippen LogP contribution in [0, 0.1) is 0 Å². The lowest BCUT2D eigenvalue weighted by molar-refractivity contribution is 0.167. The fourth-order valence-electron chi connectivity index (χ4n) is 1.38. The number of carbonyl (C=O) groups is 1. The van der Waals surface area contributed by atoms with Crippen LogP contribution in [0.5, 0.6) is 5.88 Å². The average Bonchev–Trinajstić information content (AvgIpc) is 2.68. The Labute approximate surface area is 95.4 Å². The standard InChI is InChI=1S/C11H18N2O3/c1-5-8(6-2)9-7-10(12-16-9)15-11(14)13(3)4/h7-8H,5-6H2,1-4H3. The number of ether oxygens (including phenoxy) is 1. The van der Waals surface area contributed by atoms with E-state index in [-0.39, 0.29) is 5.88 Å². The van der Waals surface area contributed by atoms with Crippen LogP contribution in [0.1, 0.15) is 38.4 Å². The quantitative estimate of drug-likeness (QED) is 0.792. The maximum Gasteiger partial charge on any atom is 0.416 e. The number of hydrogen-bond donors (Lipinski definition) is 0. The number of rotatable bonds is 4. The largest absolute Gasteiger partial charge is 0.416 e. The molecule has 0 N–H and O–H groups in total. The lowest BCUT2D eigenvalue weighted by atomic mass is 10.0. The van der Waals surface area contributed by atoms with Crippen molar-refractivity contribution in [1.29, 1.82) is 0 Å². The zero-order valence-corrected chi connectivity index (χ0v) is 10.2. The fraction of sp³-hybridized carbons (Fsp3) is 0.636. The summed E-state index contributed by atoms with van der Waals surface area (Å²) in [6, 6.07) is 1.68. The Morgan fingerprint density at radius 2 is 2.12 bits per heavy atom. The molecular weight excluding hydrogens is 208 g/mol. The van der Waals surface area contributed by atoms with E-state index in [4.69, 9.17) is 9.26 Å². The van der Waals surface area contributed by atoms with Crippen molar-refractivity contribution in [3.05, 3.63) is 11.8 Å². The predicted molar refractivity (Wildman–Crippen MR) is 59.5 cm³/mol. The summed E-state index contributed by atoms with van der Waals surface area (Å²) in [5, 5.41) is 3.71. The molecule has 0 unspecified atom stereocenters. The Morgan fingerprint density at radius 1 is 1.50 bits per heavy atom. The van der Waals surface area contributed by atoms with Crippen molar-refractivity contribution in [2.75, 3.05) is 14.1 Å². The number of aromatic nitrogens is 1. The second-order valence-corrected chi connectivity index (χ2v) is 3.84. The van der Waals surface area contributed by atoms with Crippen LogP contribution in [-0.4, -0.2) is 30.2 Å². The van der Waals surface area contributed by atoms with E-state index in [0.29, 0.717) is 5.92 Å². The molecule has 16 heavy (non-hydrogen) atoms. The number of amides is 1. The van der Waals surface area contributed by atoms with Gasteiger partial charge in [0.15, 0.2) is 0 Å². The Hall–Kier alpha value is -1.52. The maximum absolute atomic E-state index is 11.3. The highest BCUT2D eigenvalue weighted by molar-refractivity contribution is 5.69. The summed E-state index contributed by atoms with van der Waals surface area (Å²) in [7, 11) is 3.23. The molecule has 0 radical (unpaired) electrons. The molecule has 0 aromatic carbocycles. The molecule has 0 bridgehead atoms. The van der Waals surface area contributed by atoms with Crippen molar-refractivity contribution in [2.24, 2.45) is 0 Å². The lowest BCUT2D eigenvalue weighted by Crippen LogP contribution is -2.25. The predicted octanol–water partition coefficient (Wildman–Crippen LogP) is 2.64. The monoisotopic (exact) mass is 226 g/mol. The average molecular weight is 226 g/mol. The molecule has 0 atom stereocenters. The van der Waals surface area contributed by atoms with Crippen LogP contribution in [0.2, 0.25) is 0 Å². The molecule has 0 aliphatic rings. The first-order chi connectivity index (χ1) is 7.58. The van der Waals surface area contributed by atoms with Gasteiger partial charge in [-0.3, -0.25) is 0 Å². The molecule has 90 valence electrons. The molecule has 5 nitrogen and oxygen atoms in total. The Morgan fingerprint density at radius 3 is 2.62 bits per heavy atom. The first kappa shape index (κ1) is 12.5. The van der Waals surface area contributed by atoms with E-state index in [9.17, 15) is 4.79 Å². The van der Waals surface area contributed by atoms with E-state index in [0.717, 1.165) is 18.6 Å². The first-order valence-electron chi connectivity index (χ1n) is 5.44. The smallest absolute Gasteiger partial charge is 0.388 e. The summed E-state index contributed by atoms with van der Waals surface area (Å²) in [4.78, 5) is 12.6. The highest BCUT2D eigenvalue weighted by atomic mass is 16.6. The van der Waals surface area contributed by atoms with Gasteiger partial charge in [-0.2, -0.15) is 0 Å². The Bertz CT molecular complexity index is 343. The molecule has 0 spiro atoms. The van der Waals surface area contributed by atoms with Crippen molar-refractivity contribution in [2.45, 2.75) is 32.6 Å². The number of hydrogen-bond acceptors (Lipinski definition) is 4. The van der Waals surface area contributed by atoms with Crippen molar-refractivity contribution in [3.63, 3.8) is 0 Å². The number of carbonyl (C=O) groups excluding carboxylic acids is 1. The third-order valence-corrected chi connectivity index (χ3v) is 2.45. The molecule has 0 saturated heterocycles. The summed E-state index contributed by atoms with van der Waals surface area (Å²) in [6.45, 7) is 4.17. The van der Waals surface area contributed by atoms with Crippen LogP contribution in [0.15, 0.2) is 10.6 Å². The minimum atomic E-state index is -0.454. The van der Waals surface area contributed by atoms with E-state index in [1.165, 1.54) is 4.90 Å². The normalized spacial score (nSPS) is 10.6. The molecule has 0 aliphatic carbocycles. The molecule has 0 saturated carbocycles. The van der Waals surface area contributed by atoms with Gasteiger partial charge < -0.3 is 14.2 Å². The maximum atomic E-state index is 11.3. The van der Waals surface area contributed by atoms with E-state index < -0.39 is 6.09 Å². The fourth-order valence-corrected chi connectivity index (χ4v) is 1.38. The minimum absolute atomic E-state index is 0.223. The topological polar surface area (TPSA) is 55.6 Å². The van der Waals surface area contributed by atoms with E-state index in [1.54, 1.807) is 20.2 Å². The third-order valence-electron chi connectivity index (χ3n) is 2.45. The van der Waals surface area contributed by atoms with Crippen LogP contribution in [0.4, 0.5) is 4.79 Å². The highest BCUT2D eigenvalue weighted by Crippen LogP contribution is 2.25. The zero-order valence-electron chi connectivity index (χ0n) is 10.2. The summed E-state index contributed by atoms with van der Waals surface area (Å²) in [5.74, 6) is 1.33. The summed E-state index contributed by atoms with van der Waals surface area (Å²) in [5.41, 5.74) is 0.